The van der Waals surface area contributed by atoms with Crippen LogP contribution in [0.4, 0.5) is 0 Å². The first-order valence-corrected chi connectivity index (χ1v) is 16.2. The quantitative estimate of drug-likeness (QED) is 0.0422. The summed E-state index contributed by atoms with van der Waals surface area (Å²) in [5.41, 5.74) is 0. The first-order chi connectivity index (χ1) is 17.6. The molecule has 0 aliphatic carbocycles. The molecule has 0 heterocycles. The molecule has 0 fully saturated rings. The maximum absolute atomic E-state index is 11.0. The first kappa shape index (κ1) is 41.7. The maximum atomic E-state index is 11.0. The van der Waals surface area contributed by atoms with Crippen LogP contribution in [0.3, 0.4) is 0 Å². The van der Waals surface area contributed by atoms with Crippen molar-refractivity contribution in [2.24, 2.45) is 0 Å². The maximum Gasteiger partial charge on any atom is 2.00 e. The van der Waals surface area contributed by atoms with Gasteiger partial charge in [-0.2, -0.15) is 11.5 Å². The van der Waals surface area contributed by atoms with Crippen molar-refractivity contribution in [3.8, 4) is 0 Å². The van der Waals surface area contributed by atoms with E-state index in [0.717, 1.165) is 12.8 Å². The third-order valence-electron chi connectivity index (χ3n) is 6.13. The van der Waals surface area contributed by atoms with E-state index in [0.29, 0.717) is 37.6 Å². The Kier molecular flexibility index (Phi) is 43.3. The van der Waals surface area contributed by atoms with Gasteiger partial charge in [0, 0.05) is 12.8 Å². The fourth-order valence-electron chi connectivity index (χ4n) is 3.86. The third kappa shape index (κ3) is 40.9. The molecule has 0 spiro atoms. The molecule has 0 aromatic carbocycles. The molecule has 0 aromatic rings. The van der Waals surface area contributed by atoms with Gasteiger partial charge in [-0.15, -0.1) is 0 Å². The number of unbranched alkanes of at least 4 members (excludes halogenated alkanes) is 18. The molecule has 0 saturated heterocycles. The normalized spacial score (nSPS) is 10.3. The zero-order valence-electron chi connectivity index (χ0n) is 24.5. The molecule has 0 rings (SSSR count). The zero-order valence-corrected chi connectivity index (χ0v) is 29.1. The standard InChI is InChI=1S/2C15H30O2S.Zn/c2*1-2-3-4-5-6-7-8-9-10-11-13-17-15(16)12-14-18;/h2*18H,2-14H2,1H3;/q;;+2/p-2. The summed E-state index contributed by atoms with van der Waals surface area (Å²) in [5, 5.41) is 0. The minimum absolute atomic E-state index is 0. The molecule has 0 bridgehead atoms. The van der Waals surface area contributed by atoms with Gasteiger partial charge < -0.3 is 34.7 Å². The molecule has 0 atom stereocenters. The van der Waals surface area contributed by atoms with E-state index in [1.165, 1.54) is 116 Å². The zero-order chi connectivity index (χ0) is 27.0. The average Bonchev–Trinajstić information content (AvgIpc) is 2.86. The number of hydrogen-bond acceptors (Lipinski definition) is 6. The summed E-state index contributed by atoms with van der Waals surface area (Å²) >= 11 is 9.43. The Balaban J connectivity index is -0.000000608. The van der Waals surface area contributed by atoms with Crippen molar-refractivity contribution in [1.82, 2.24) is 0 Å². The number of ether oxygens (including phenoxy) is 2. The van der Waals surface area contributed by atoms with Gasteiger partial charge in [0.1, 0.15) is 0 Å². The first-order valence-electron chi connectivity index (χ1n) is 15.1. The van der Waals surface area contributed by atoms with Crippen LogP contribution >= 0.6 is 0 Å². The van der Waals surface area contributed by atoms with Crippen LogP contribution in [0.5, 0.6) is 0 Å². The Bertz CT molecular complexity index is 413. The summed E-state index contributed by atoms with van der Waals surface area (Å²) in [7, 11) is 0. The number of carbonyl (C=O) groups is 2. The Morgan fingerprint density at radius 1 is 0.459 bits per heavy atom. The van der Waals surface area contributed by atoms with Crippen LogP contribution in [0, 0.1) is 0 Å². The van der Waals surface area contributed by atoms with Crippen molar-refractivity contribution in [3.63, 3.8) is 0 Å². The van der Waals surface area contributed by atoms with Crippen molar-refractivity contribution in [1.29, 1.82) is 0 Å². The monoisotopic (exact) mass is 610 g/mol. The number of esters is 2. The topological polar surface area (TPSA) is 52.6 Å². The fourth-order valence-corrected chi connectivity index (χ4v) is 4.20. The summed E-state index contributed by atoms with van der Waals surface area (Å²) in [4.78, 5) is 22.0. The molecule has 0 saturated carbocycles. The molecule has 0 radical (unpaired) electrons. The SMILES string of the molecule is CCCCCCCCCCCCOC(=O)CC[S-].CCCCCCCCCCCCOC(=O)CC[S-].[Zn+2]. The molecule has 7 heteroatoms. The van der Waals surface area contributed by atoms with Crippen LogP contribution in [0.1, 0.15) is 155 Å². The number of rotatable bonds is 26. The van der Waals surface area contributed by atoms with Crippen LogP contribution in [0.15, 0.2) is 0 Å². The molecular weight excluding hydrogens is 554 g/mol. The Morgan fingerprint density at radius 3 is 0.946 bits per heavy atom. The van der Waals surface area contributed by atoms with E-state index >= 15 is 0 Å². The molecule has 0 aliphatic heterocycles. The van der Waals surface area contributed by atoms with E-state index in [4.69, 9.17) is 34.7 Å². The third-order valence-corrected chi connectivity index (χ3v) is 6.54. The summed E-state index contributed by atoms with van der Waals surface area (Å²) in [6, 6.07) is 0. The van der Waals surface area contributed by atoms with Crippen LogP contribution in [0.25, 0.3) is 0 Å². The van der Waals surface area contributed by atoms with Gasteiger partial charge in [0.15, 0.2) is 0 Å². The summed E-state index contributed by atoms with van der Waals surface area (Å²) in [6.45, 7) is 5.65. The van der Waals surface area contributed by atoms with Crippen molar-refractivity contribution in [2.75, 3.05) is 24.7 Å². The predicted octanol–water partition coefficient (Wildman–Crippen LogP) is 8.77. The minimum Gasteiger partial charge on any atom is -0.792 e. The van der Waals surface area contributed by atoms with Crippen molar-refractivity contribution >= 4 is 37.2 Å². The minimum atomic E-state index is -0.138. The number of carbonyl (C=O) groups excluding carboxylic acids is 2. The van der Waals surface area contributed by atoms with Crippen LogP contribution in [0.2, 0.25) is 0 Å². The van der Waals surface area contributed by atoms with Crippen LogP contribution < -0.4 is 0 Å². The summed E-state index contributed by atoms with van der Waals surface area (Å²) in [5.74, 6) is 0.662. The predicted molar refractivity (Wildman–Crippen MR) is 159 cm³/mol. The van der Waals surface area contributed by atoms with Gasteiger partial charge in [-0.3, -0.25) is 9.59 Å². The molecule has 216 valence electrons. The second kappa shape index (κ2) is 38.4. The summed E-state index contributed by atoms with van der Waals surface area (Å²) in [6.07, 6.45) is 26.8. The molecule has 0 amide bonds. The molecular formula is C30H58O4S2Zn. The Labute approximate surface area is 254 Å². The van der Waals surface area contributed by atoms with Gasteiger partial charge in [-0.05, 0) is 12.8 Å². The van der Waals surface area contributed by atoms with Crippen molar-refractivity contribution in [2.45, 2.75) is 155 Å². The van der Waals surface area contributed by atoms with E-state index in [9.17, 15) is 9.59 Å². The van der Waals surface area contributed by atoms with Crippen LogP contribution in [-0.2, 0) is 63.8 Å². The molecule has 4 nitrogen and oxygen atoms in total. The molecule has 0 aromatic heterocycles. The van der Waals surface area contributed by atoms with E-state index in [2.05, 4.69) is 13.8 Å². The van der Waals surface area contributed by atoms with Gasteiger partial charge in [0.05, 0.1) is 13.2 Å². The van der Waals surface area contributed by atoms with Gasteiger partial charge in [-0.25, -0.2) is 0 Å². The van der Waals surface area contributed by atoms with Crippen LogP contribution in [-0.4, -0.2) is 36.7 Å². The van der Waals surface area contributed by atoms with E-state index in [1.54, 1.807) is 0 Å². The second-order valence-electron chi connectivity index (χ2n) is 9.71. The summed E-state index contributed by atoms with van der Waals surface area (Å²) < 4.78 is 10.1. The average molecular weight is 612 g/mol. The van der Waals surface area contributed by atoms with Crippen molar-refractivity contribution < 1.29 is 38.5 Å². The molecule has 37 heavy (non-hydrogen) atoms. The second-order valence-corrected chi connectivity index (χ2v) is 10.5. The van der Waals surface area contributed by atoms with E-state index < -0.39 is 0 Å². The molecule has 0 N–H and O–H groups in total. The fraction of sp³-hybridized carbons (Fsp3) is 0.933. The smallest absolute Gasteiger partial charge is 0.792 e. The largest absolute Gasteiger partial charge is 2.00 e. The van der Waals surface area contributed by atoms with Gasteiger partial charge in [0.25, 0.3) is 0 Å². The molecule has 0 aliphatic rings. The molecule has 0 unspecified atom stereocenters. The van der Waals surface area contributed by atoms with Gasteiger partial charge in [0.2, 0.25) is 0 Å². The van der Waals surface area contributed by atoms with Crippen molar-refractivity contribution in [3.05, 3.63) is 0 Å². The number of hydrogen-bond donors (Lipinski definition) is 0. The Morgan fingerprint density at radius 2 is 0.703 bits per heavy atom. The van der Waals surface area contributed by atoms with E-state index in [-0.39, 0.29) is 31.4 Å². The van der Waals surface area contributed by atoms with Gasteiger partial charge >= 0.3 is 31.4 Å². The van der Waals surface area contributed by atoms with E-state index in [1.807, 2.05) is 0 Å². The van der Waals surface area contributed by atoms with Gasteiger partial charge in [-0.1, -0.05) is 129 Å². The Hall–Kier alpha value is 0.263.